The van der Waals surface area contributed by atoms with Crippen molar-refractivity contribution in [1.29, 1.82) is 0 Å². The molecule has 0 unspecified atom stereocenters. The zero-order valence-corrected chi connectivity index (χ0v) is 17.7. The van der Waals surface area contributed by atoms with Crippen LogP contribution in [0.2, 0.25) is 0 Å². The zero-order chi connectivity index (χ0) is 19.8. The smallest absolute Gasteiger partial charge is 0.318 e. The normalized spacial score (nSPS) is 17.5. The standard InChI is InChI=1S/C20H22N2O4S2/c1-11-6-7-14-15(9-11)28-17-16(14)18(23)22(10-13-5-4-8-26-13)20(21-17)27-12(2)19(24)25-3/h4-5,8,11-12H,6-7,9-10H2,1-3H3/t11-,12-/m0/s1. The van der Waals surface area contributed by atoms with Crippen molar-refractivity contribution >= 4 is 39.3 Å². The molecule has 3 aromatic rings. The predicted octanol–water partition coefficient (Wildman–Crippen LogP) is 3.88. The number of aromatic nitrogens is 2. The highest BCUT2D eigenvalue weighted by Crippen LogP contribution is 2.37. The van der Waals surface area contributed by atoms with E-state index >= 15 is 0 Å². The Morgan fingerprint density at radius 1 is 1.54 bits per heavy atom. The molecule has 6 nitrogen and oxygen atoms in total. The minimum Gasteiger partial charge on any atom is -0.468 e. The van der Waals surface area contributed by atoms with Crippen LogP contribution in [0.4, 0.5) is 0 Å². The van der Waals surface area contributed by atoms with Crippen LogP contribution in [0.1, 0.15) is 36.5 Å². The fraction of sp³-hybridized carbons (Fsp3) is 0.450. The number of thiophene rings is 1. The van der Waals surface area contributed by atoms with E-state index < -0.39 is 5.25 Å². The van der Waals surface area contributed by atoms with Crippen LogP contribution < -0.4 is 5.56 Å². The van der Waals surface area contributed by atoms with Crippen molar-refractivity contribution in [3.63, 3.8) is 0 Å². The fourth-order valence-corrected chi connectivity index (χ4v) is 5.92. The van der Waals surface area contributed by atoms with E-state index in [4.69, 9.17) is 14.1 Å². The number of rotatable bonds is 5. The Labute approximate surface area is 170 Å². The summed E-state index contributed by atoms with van der Waals surface area (Å²) in [6, 6.07) is 3.63. The summed E-state index contributed by atoms with van der Waals surface area (Å²) >= 11 is 2.85. The minimum absolute atomic E-state index is 0.0620. The number of carbonyl (C=O) groups excluding carboxylic acids is 1. The predicted molar refractivity (Wildman–Crippen MR) is 110 cm³/mol. The van der Waals surface area contributed by atoms with E-state index in [-0.39, 0.29) is 18.1 Å². The number of carbonyl (C=O) groups is 1. The van der Waals surface area contributed by atoms with Crippen LogP contribution in [-0.2, 0) is 28.9 Å². The van der Waals surface area contributed by atoms with Gasteiger partial charge < -0.3 is 9.15 Å². The van der Waals surface area contributed by atoms with Crippen molar-refractivity contribution in [2.75, 3.05) is 7.11 Å². The number of furan rings is 1. The Morgan fingerprint density at radius 3 is 3.07 bits per heavy atom. The van der Waals surface area contributed by atoms with Crippen LogP contribution in [-0.4, -0.2) is 27.9 Å². The van der Waals surface area contributed by atoms with E-state index in [9.17, 15) is 9.59 Å². The molecule has 28 heavy (non-hydrogen) atoms. The van der Waals surface area contributed by atoms with E-state index in [1.165, 1.54) is 23.7 Å². The van der Waals surface area contributed by atoms with Crippen LogP contribution in [0.15, 0.2) is 32.8 Å². The molecule has 0 bridgehead atoms. The summed E-state index contributed by atoms with van der Waals surface area (Å²) in [4.78, 5) is 32.2. The molecule has 0 aromatic carbocycles. The molecule has 0 saturated carbocycles. The lowest BCUT2D eigenvalue weighted by atomic mass is 9.89. The van der Waals surface area contributed by atoms with Gasteiger partial charge in [-0.1, -0.05) is 18.7 Å². The second kappa shape index (κ2) is 7.75. The van der Waals surface area contributed by atoms with Crippen LogP contribution in [0, 0.1) is 5.92 Å². The van der Waals surface area contributed by atoms with Gasteiger partial charge in [0.2, 0.25) is 0 Å². The summed E-state index contributed by atoms with van der Waals surface area (Å²) in [6.45, 7) is 4.28. The van der Waals surface area contributed by atoms with Crippen LogP contribution in [0.5, 0.6) is 0 Å². The maximum absolute atomic E-state index is 13.5. The van der Waals surface area contributed by atoms with Gasteiger partial charge in [0.25, 0.3) is 5.56 Å². The van der Waals surface area contributed by atoms with Crippen molar-refractivity contribution < 1.29 is 13.9 Å². The van der Waals surface area contributed by atoms with E-state index in [1.54, 1.807) is 35.2 Å². The third-order valence-electron chi connectivity index (χ3n) is 5.09. The highest BCUT2D eigenvalue weighted by Gasteiger charge is 2.26. The summed E-state index contributed by atoms with van der Waals surface area (Å²) in [5.41, 5.74) is 1.09. The summed E-state index contributed by atoms with van der Waals surface area (Å²) in [7, 11) is 1.36. The molecular weight excluding hydrogens is 396 g/mol. The summed E-state index contributed by atoms with van der Waals surface area (Å²) in [5, 5.41) is 0.777. The van der Waals surface area contributed by atoms with Crippen LogP contribution in [0.25, 0.3) is 10.2 Å². The molecule has 0 N–H and O–H groups in total. The van der Waals surface area contributed by atoms with Gasteiger partial charge in [-0.25, -0.2) is 4.98 Å². The Hall–Kier alpha value is -2.06. The number of fused-ring (bicyclic) bond motifs is 3. The van der Waals surface area contributed by atoms with Gasteiger partial charge in [0.1, 0.15) is 15.8 Å². The average Bonchev–Trinajstić information content (AvgIpc) is 3.30. The molecule has 4 rings (SSSR count). The highest BCUT2D eigenvalue weighted by molar-refractivity contribution is 8.00. The van der Waals surface area contributed by atoms with Crippen LogP contribution in [0.3, 0.4) is 0 Å². The quantitative estimate of drug-likeness (QED) is 0.356. The largest absolute Gasteiger partial charge is 0.468 e. The first-order valence-electron chi connectivity index (χ1n) is 9.30. The van der Waals surface area contributed by atoms with Crippen molar-refractivity contribution in [2.24, 2.45) is 5.92 Å². The Morgan fingerprint density at radius 2 is 2.36 bits per heavy atom. The number of hydrogen-bond acceptors (Lipinski definition) is 7. The van der Waals surface area contributed by atoms with Gasteiger partial charge in [-0.2, -0.15) is 0 Å². The Balaban J connectivity index is 1.85. The fourth-order valence-electron chi connectivity index (χ4n) is 3.56. The molecule has 0 radical (unpaired) electrons. The van der Waals surface area contributed by atoms with E-state index in [0.717, 1.165) is 35.0 Å². The molecule has 148 valence electrons. The molecule has 0 spiro atoms. The molecule has 8 heteroatoms. The third kappa shape index (κ3) is 3.51. The molecule has 3 heterocycles. The lowest BCUT2D eigenvalue weighted by Gasteiger charge is -2.18. The number of ether oxygens (including phenoxy) is 1. The topological polar surface area (TPSA) is 74.3 Å². The Bertz CT molecular complexity index is 1070. The molecule has 3 aromatic heterocycles. The zero-order valence-electron chi connectivity index (χ0n) is 16.1. The number of nitrogens with zero attached hydrogens (tertiary/aromatic N) is 2. The number of thioether (sulfide) groups is 1. The van der Waals surface area contributed by atoms with Gasteiger partial charge in [-0.15, -0.1) is 11.3 Å². The van der Waals surface area contributed by atoms with Crippen molar-refractivity contribution in [2.45, 2.75) is 50.1 Å². The van der Waals surface area contributed by atoms with Crippen LogP contribution >= 0.6 is 23.1 Å². The number of methoxy groups -OCH3 is 1. The van der Waals surface area contributed by atoms with Gasteiger partial charge in [-0.05, 0) is 49.8 Å². The van der Waals surface area contributed by atoms with E-state index in [2.05, 4.69) is 6.92 Å². The monoisotopic (exact) mass is 418 g/mol. The molecule has 2 atom stereocenters. The molecular formula is C20H22N2O4S2. The lowest BCUT2D eigenvalue weighted by molar-refractivity contribution is -0.139. The maximum Gasteiger partial charge on any atom is 0.318 e. The van der Waals surface area contributed by atoms with Crippen molar-refractivity contribution in [1.82, 2.24) is 9.55 Å². The van der Waals surface area contributed by atoms with Gasteiger partial charge in [0.15, 0.2) is 5.16 Å². The summed E-state index contributed by atoms with van der Waals surface area (Å²) < 4.78 is 11.9. The minimum atomic E-state index is -0.466. The first kappa shape index (κ1) is 19.3. The van der Waals surface area contributed by atoms with Gasteiger partial charge in [0.05, 0.1) is 25.3 Å². The first-order chi connectivity index (χ1) is 13.5. The summed E-state index contributed by atoms with van der Waals surface area (Å²) in [6.07, 6.45) is 4.59. The highest BCUT2D eigenvalue weighted by atomic mass is 32.2. The van der Waals surface area contributed by atoms with Crippen molar-refractivity contribution in [3.8, 4) is 0 Å². The molecule has 0 aliphatic heterocycles. The second-order valence-corrected chi connectivity index (χ2v) is 9.57. The SMILES string of the molecule is COC(=O)[C@H](C)Sc1nc2sc3c(c2c(=O)n1Cc1ccco1)CC[C@H](C)C3. The third-order valence-corrected chi connectivity index (χ3v) is 7.31. The van der Waals surface area contributed by atoms with E-state index in [1.807, 2.05) is 6.07 Å². The summed E-state index contributed by atoms with van der Waals surface area (Å²) in [5.74, 6) is 0.954. The Kier molecular flexibility index (Phi) is 5.33. The molecule has 0 amide bonds. The molecule has 1 aliphatic rings. The number of hydrogen-bond donors (Lipinski definition) is 0. The number of esters is 1. The first-order valence-corrected chi connectivity index (χ1v) is 11.0. The molecule has 0 saturated heterocycles. The van der Waals surface area contributed by atoms with Gasteiger partial charge >= 0.3 is 5.97 Å². The van der Waals surface area contributed by atoms with Gasteiger partial charge in [0, 0.05) is 4.88 Å². The molecule has 0 fully saturated rings. The average molecular weight is 419 g/mol. The van der Waals surface area contributed by atoms with E-state index in [0.29, 0.717) is 16.8 Å². The van der Waals surface area contributed by atoms with Gasteiger partial charge in [-0.3, -0.25) is 14.2 Å². The number of aryl methyl sites for hydroxylation is 1. The molecule has 1 aliphatic carbocycles. The second-order valence-electron chi connectivity index (χ2n) is 7.18. The van der Waals surface area contributed by atoms with Crippen molar-refractivity contribution in [3.05, 3.63) is 45.0 Å². The lowest BCUT2D eigenvalue weighted by Crippen LogP contribution is -2.26. The maximum atomic E-state index is 13.5.